The van der Waals surface area contributed by atoms with E-state index in [2.05, 4.69) is 6.42 Å². The maximum Gasteiger partial charge on any atom is 0.345 e. The number of aliphatic hydroxyl groups is 1. The molecule has 0 aliphatic heterocycles. The molecule has 3 nitrogen and oxygen atoms in total. The van der Waals surface area contributed by atoms with Crippen LogP contribution in [0.1, 0.15) is 0 Å². The molecular formula is C4H4O3. The number of carbonyl (C=O) groups is 1. The highest BCUT2D eigenvalue weighted by molar-refractivity contribution is 5.75. The summed E-state index contributed by atoms with van der Waals surface area (Å²) in [5.74, 6) is 0.234. The van der Waals surface area contributed by atoms with Gasteiger partial charge in [-0.05, 0) is 0 Å². The van der Waals surface area contributed by atoms with Crippen molar-refractivity contribution in [2.75, 3.05) is 0 Å². The first-order chi connectivity index (χ1) is 3.18. The third-order valence-electron chi connectivity index (χ3n) is 0.392. The number of rotatable bonds is 1. The smallest absolute Gasteiger partial charge is 0.345 e. The minimum atomic E-state index is -1.65. The van der Waals surface area contributed by atoms with Gasteiger partial charge in [0.1, 0.15) is 0 Å². The highest BCUT2D eigenvalue weighted by Crippen LogP contribution is 1.74. The predicted molar refractivity (Wildman–Crippen MR) is 22.5 cm³/mol. The van der Waals surface area contributed by atoms with Crippen molar-refractivity contribution in [3.8, 4) is 12.3 Å². The van der Waals surface area contributed by atoms with Crippen LogP contribution < -0.4 is 0 Å². The average molecular weight is 100 g/mol. The van der Waals surface area contributed by atoms with Gasteiger partial charge in [-0.15, -0.1) is 6.42 Å². The van der Waals surface area contributed by atoms with E-state index in [9.17, 15) is 4.79 Å². The molecule has 0 heterocycles. The molecule has 0 aromatic rings. The maximum absolute atomic E-state index is 9.54. The Bertz CT molecular complexity index is 111. The lowest BCUT2D eigenvalue weighted by atomic mass is 10.4. The third-order valence-corrected chi connectivity index (χ3v) is 0.392. The second-order valence-electron chi connectivity index (χ2n) is 0.907. The molecule has 0 rings (SSSR count). The van der Waals surface area contributed by atoms with E-state index in [4.69, 9.17) is 10.2 Å². The zero-order valence-corrected chi connectivity index (χ0v) is 3.46. The van der Waals surface area contributed by atoms with E-state index in [0.717, 1.165) is 0 Å². The van der Waals surface area contributed by atoms with Crippen molar-refractivity contribution < 1.29 is 15.0 Å². The SMILES string of the molecule is C#C[C@@H](O)C(=O)O. The van der Waals surface area contributed by atoms with E-state index in [0.29, 0.717) is 0 Å². The highest BCUT2D eigenvalue weighted by Gasteiger charge is 2.05. The van der Waals surface area contributed by atoms with Gasteiger partial charge in [-0.3, -0.25) is 0 Å². The van der Waals surface area contributed by atoms with Gasteiger partial charge in [0.25, 0.3) is 0 Å². The van der Waals surface area contributed by atoms with Gasteiger partial charge in [-0.2, -0.15) is 0 Å². The summed E-state index contributed by atoms with van der Waals surface area (Å²) in [6.45, 7) is 0. The Hall–Kier alpha value is -1.01. The molecule has 0 radical (unpaired) electrons. The van der Waals surface area contributed by atoms with Crippen LogP contribution in [-0.2, 0) is 4.79 Å². The topological polar surface area (TPSA) is 57.5 Å². The molecule has 0 aliphatic carbocycles. The van der Waals surface area contributed by atoms with Gasteiger partial charge >= 0.3 is 5.97 Å². The minimum absolute atomic E-state index is 1.39. The molecule has 2 N–H and O–H groups in total. The largest absolute Gasteiger partial charge is 0.479 e. The molecule has 0 aromatic carbocycles. The van der Waals surface area contributed by atoms with Gasteiger partial charge < -0.3 is 10.2 Å². The molecule has 0 spiro atoms. The molecule has 7 heavy (non-hydrogen) atoms. The molecule has 1 atom stereocenters. The van der Waals surface area contributed by atoms with Gasteiger partial charge in [-0.1, -0.05) is 5.92 Å². The predicted octanol–water partition coefficient (Wildman–Crippen LogP) is -0.935. The van der Waals surface area contributed by atoms with Gasteiger partial charge in [-0.25, -0.2) is 4.79 Å². The first kappa shape index (κ1) is 5.99. The first-order valence-electron chi connectivity index (χ1n) is 1.55. The van der Waals surface area contributed by atoms with Crippen molar-refractivity contribution in [1.29, 1.82) is 0 Å². The van der Waals surface area contributed by atoms with E-state index < -0.39 is 12.1 Å². The van der Waals surface area contributed by atoms with Crippen LogP contribution in [0, 0.1) is 12.3 Å². The van der Waals surface area contributed by atoms with E-state index in [1.807, 2.05) is 0 Å². The number of terminal acetylenes is 1. The Kier molecular flexibility index (Phi) is 1.89. The van der Waals surface area contributed by atoms with Crippen molar-refractivity contribution in [2.45, 2.75) is 6.10 Å². The lowest BCUT2D eigenvalue weighted by Crippen LogP contribution is -2.15. The quantitative estimate of drug-likeness (QED) is 0.418. The van der Waals surface area contributed by atoms with Crippen LogP contribution in [0.3, 0.4) is 0 Å². The number of carboxylic acid groups (broad SMARTS) is 1. The van der Waals surface area contributed by atoms with Crippen LogP contribution in [0.5, 0.6) is 0 Å². The number of hydrogen-bond acceptors (Lipinski definition) is 2. The summed E-state index contributed by atoms with van der Waals surface area (Å²) in [5.41, 5.74) is 0. The highest BCUT2D eigenvalue weighted by atomic mass is 16.4. The third kappa shape index (κ3) is 1.79. The minimum Gasteiger partial charge on any atom is -0.479 e. The zero-order valence-electron chi connectivity index (χ0n) is 3.46. The van der Waals surface area contributed by atoms with Gasteiger partial charge in [0.15, 0.2) is 0 Å². The van der Waals surface area contributed by atoms with Crippen molar-refractivity contribution in [2.24, 2.45) is 0 Å². The molecule has 0 saturated carbocycles. The van der Waals surface area contributed by atoms with Crippen LogP contribution in [-0.4, -0.2) is 22.3 Å². The summed E-state index contributed by atoms with van der Waals surface area (Å²) in [6, 6.07) is 0. The van der Waals surface area contributed by atoms with E-state index >= 15 is 0 Å². The molecular weight excluding hydrogens is 96.0 g/mol. The molecule has 0 saturated heterocycles. The monoisotopic (exact) mass is 100 g/mol. The van der Waals surface area contributed by atoms with Crippen LogP contribution in [0.15, 0.2) is 0 Å². The van der Waals surface area contributed by atoms with Crippen molar-refractivity contribution in [3.05, 3.63) is 0 Å². The van der Waals surface area contributed by atoms with E-state index in [1.165, 1.54) is 0 Å². The van der Waals surface area contributed by atoms with Crippen LogP contribution in [0.2, 0.25) is 0 Å². The molecule has 0 aliphatic rings. The van der Waals surface area contributed by atoms with Crippen molar-refractivity contribution >= 4 is 5.97 Å². The Labute approximate surface area is 40.6 Å². The number of aliphatic carboxylic acids is 1. The normalized spacial score (nSPS) is 12.0. The molecule has 0 aromatic heterocycles. The number of aliphatic hydroxyl groups excluding tert-OH is 1. The molecule has 0 amide bonds. The average Bonchev–Trinajstić information content (AvgIpc) is 1.65. The Balaban J connectivity index is 3.63. The first-order valence-corrected chi connectivity index (χ1v) is 1.55. The van der Waals surface area contributed by atoms with Crippen LogP contribution in [0.25, 0.3) is 0 Å². The lowest BCUT2D eigenvalue weighted by Gasteiger charge is -1.88. The number of hydrogen-bond donors (Lipinski definition) is 2. The summed E-state index contributed by atoms with van der Waals surface area (Å²) in [7, 11) is 0. The lowest BCUT2D eigenvalue weighted by molar-refractivity contribution is -0.143. The summed E-state index contributed by atoms with van der Waals surface area (Å²) in [4.78, 5) is 9.54. The Morgan fingerprint density at radius 1 is 1.86 bits per heavy atom. The van der Waals surface area contributed by atoms with E-state index in [1.54, 1.807) is 5.92 Å². The molecule has 0 fully saturated rings. The van der Waals surface area contributed by atoms with Gasteiger partial charge in [0.05, 0.1) is 0 Å². The molecule has 0 unspecified atom stereocenters. The second kappa shape index (κ2) is 2.21. The summed E-state index contributed by atoms with van der Waals surface area (Å²) in [6.07, 6.45) is 2.84. The number of carboxylic acids is 1. The van der Waals surface area contributed by atoms with Gasteiger partial charge in [0.2, 0.25) is 6.10 Å². The summed E-state index contributed by atoms with van der Waals surface area (Å²) < 4.78 is 0. The van der Waals surface area contributed by atoms with Crippen LogP contribution in [0.4, 0.5) is 0 Å². The van der Waals surface area contributed by atoms with Crippen molar-refractivity contribution in [3.63, 3.8) is 0 Å². The summed E-state index contributed by atoms with van der Waals surface area (Å²) in [5, 5.41) is 15.9. The fraction of sp³-hybridized carbons (Fsp3) is 0.250. The Morgan fingerprint density at radius 3 is 2.29 bits per heavy atom. The maximum atomic E-state index is 9.54. The molecule has 0 bridgehead atoms. The zero-order chi connectivity index (χ0) is 5.86. The van der Waals surface area contributed by atoms with E-state index in [-0.39, 0.29) is 0 Å². The fourth-order valence-corrected chi connectivity index (χ4v) is 0.0713. The molecule has 3 heteroatoms. The van der Waals surface area contributed by atoms with Crippen molar-refractivity contribution in [1.82, 2.24) is 0 Å². The van der Waals surface area contributed by atoms with Gasteiger partial charge in [0, 0.05) is 0 Å². The summed E-state index contributed by atoms with van der Waals surface area (Å²) >= 11 is 0. The molecule has 38 valence electrons. The second-order valence-corrected chi connectivity index (χ2v) is 0.907. The van der Waals surface area contributed by atoms with Crippen LogP contribution >= 0.6 is 0 Å². The fourth-order valence-electron chi connectivity index (χ4n) is 0.0713. The standard InChI is InChI=1S/C4H4O3/c1-2-3(5)4(6)7/h1,3,5H,(H,6,7)/t3-/m1/s1. The Morgan fingerprint density at radius 2 is 2.29 bits per heavy atom.